The van der Waals surface area contributed by atoms with Crippen LogP contribution in [0.1, 0.15) is 38.2 Å². The van der Waals surface area contributed by atoms with Gasteiger partial charge in [-0.15, -0.1) is 0 Å². The molecular weight excluding hydrogens is 292 g/mol. The van der Waals surface area contributed by atoms with E-state index >= 15 is 0 Å². The third-order valence-electron chi connectivity index (χ3n) is 4.64. The third kappa shape index (κ3) is 3.48. The van der Waals surface area contributed by atoms with Crippen LogP contribution in [0.4, 0.5) is 0 Å². The number of hydrogen-bond donors (Lipinski definition) is 0. The number of carbonyl (C=O) groups is 1. The Balaban J connectivity index is 1.67. The number of carbonyl (C=O) groups excluding carboxylic acids is 1. The fourth-order valence-electron chi connectivity index (χ4n) is 3.50. The van der Waals surface area contributed by atoms with Gasteiger partial charge in [-0.2, -0.15) is 5.26 Å². The molecule has 3 rings (SSSR count). The van der Waals surface area contributed by atoms with E-state index in [-0.39, 0.29) is 18.1 Å². The van der Waals surface area contributed by atoms with E-state index in [0.717, 1.165) is 19.3 Å². The second-order valence-electron chi connectivity index (χ2n) is 6.19. The average molecular weight is 314 g/mol. The van der Waals surface area contributed by atoms with Gasteiger partial charge < -0.3 is 14.4 Å². The normalized spacial score (nSPS) is 25.1. The van der Waals surface area contributed by atoms with Gasteiger partial charge in [0, 0.05) is 6.54 Å². The number of morpholine rings is 1. The van der Waals surface area contributed by atoms with Gasteiger partial charge in [0.15, 0.2) is 6.10 Å². The van der Waals surface area contributed by atoms with Crippen LogP contribution in [0, 0.1) is 11.3 Å². The second-order valence-corrected chi connectivity index (χ2v) is 6.19. The van der Waals surface area contributed by atoms with Crippen LogP contribution in [0.25, 0.3) is 0 Å². The topological polar surface area (TPSA) is 62.6 Å². The van der Waals surface area contributed by atoms with E-state index in [9.17, 15) is 4.79 Å². The molecule has 1 aliphatic heterocycles. The molecule has 1 saturated heterocycles. The van der Waals surface area contributed by atoms with Gasteiger partial charge in [-0.3, -0.25) is 4.79 Å². The SMILES string of the molecule is C[C@H](Oc1cccc(C#N)c1)C(=O)N1CCO[C@@H]2CCCC[C@@H]21. The van der Waals surface area contributed by atoms with E-state index in [1.807, 2.05) is 4.90 Å². The van der Waals surface area contributed by atoms with Crippen LogP contribution >= 0.6 is 0 Å². The number of rotatable bonds is 3. The zero-order chi connectivity index (χ0) is 16.2. The average Bonchev–Trinajstić information content (AvgIpc) is 2.60. The summed E-state index contributed by atoms with van der Waals surface area (Å²) in [4.78, 5) is 14.7. The van der Waals surface area contributed by atoms with Crippen LogP contribution in [0.15, 0.2) is 24.3 Å². The van der Waals surface area contributed by atoms with E-state index < -0.39 is 6.10 Å². The number of ether oxygens (including phenoxy) is 2. The number of fused-ring (bicyclic) bond motifs is 1. The van der Waals surface area contributed by atoms with E-state index in [0.29, 0.717) is 24.5 Å². The van der Waals surface area contributed by atoms with Crippen LogP contribution in [0.5, 0.6) is 5.75 Å². The number of amides is 1. The highest BCUT2D eigenvalue weighted by Gasteiger charge is 2.38. The lowest BCUT2D eigenvalue weighted by Crippen LogP contribution is -2.57. The highest BCUT2D eigenvalue weighted by molar-refractivity contribution is 5.81. The van der Waals surface area contributed by atoms with Crippen molar-refractivity contribution in [2.75, 3.05) is 13.2 Å². The highest BCUT2D eigenvalue weighted by Crippen LogP contribution is 2.29. The lowest BCUT2D eigenvalue weighted by molar-refractivity contribution is -0.155. The summed E-state index contributed by atoms with van der Waals surface area (Å²) in [6, 6.07) is 9.17. The van der Waals surface area contributed by atoms with Crippen molar-refractivity contribution in [2.45, 2.75) is 50.9 Å². The first-order valence-electron chi connectivity index (χ1n) is 8.28. The quantitative estimate of drug-likeness (QED) is 0.860. The van der Waals surface area contributed by atoms with Gasteiger partial charge >= 0.3 is 0 Å². The van der Waals surface area contributed by atoms with Crippen LogP contribution in [0.3, 0.4) is 0 Å². The van der Waals surface area contributed by atoms with Gasteiger partial charge in [0.05, 0.1) is 30.4 Å². The minimum Gasteiger partial charge on any atom is -0.481 e. The monoisotopic (exact) mass is 314 g/mol. The fraction of sp³-hybridized carbons (Fsp3) is 0.556. The predicted molar refractivity (Wildman–Crippen MR) is 85.0 cm³/mol. The summed E-state index contributed by atoms with van der Waals surface area (Å²) < 4.78 is 11.6. The molecule has 1 aromatic carbocycles. The molecule has 23 heavy (non-hydrogen) atoms. The Morgan fingerprint density at radius 1 is 1.43 bits per heavy atom. The van der Waals surface area contributed by atoms with Gasteiger partial charge in [0.2, 0.25) is 0 Å². The second kappa shape index (κ2) is 7.01. The van der Waals surface area contributed by atoms with Crippen LogP contribution < -0.4 is 4.74 Å². The number of nitriles is 1. The Labute approximate surface area is 136 Å². The molecule has 2 aliphatic rings. The summed E-state index contributed by atoms with van der Waals surface area (Å²) in [5, 5.41) is 8.94. The van der Waals surface area contributed by atoms with Crippen molar-refractivity contribution >= 4 is 5.91 Å². The molecule has 1 heterocycles. The summed E-state index contributed by atoms with van der Waals surface area (Å²) in [6.45, 7) is 3.00. The number of hydrogen-bond acceptors (Lipinski definition) is 4. The fourth-order valence-corrected chi connectivity index (χ4v) is 3.50. The minimum atomic E-state index is -0.565. The molecular formula is C18H22N2O3. The smallest absolute Gasteiger partial charge is 0.263 e. The van der Waals surface area contributed by atoms with Gasteiger partial charge in [-0.25, -0.2) is 0 Å². The molecule has 1 saturated carbocycles. The molecule has 5 heteroatoms. The van der Waals surface area contributed by atoms with Gasteiger partial charge in [-0.05, 0) is 38.0 Å². The van der Waals surface area contributed by atoms with Crippen LogP contribution in [0.2, 0.25) is 0 Å². The Hall–Kier alpha value is -2.06. The maximum absolute atomic E-state index is 12.8. The molecule has 0 spiro atoms. The van der Waals surface area contributed by atoms with Crippen molar-refractivity contribution in [2.24, 2.45) is 0 Å². The zero-order valence-electron chi connectivity index (χ0n) is 13.4. The molecule has 122 valence electrons. The van der Waals surface area contributed by atoms with Gasteiger partial charge in [-0.1, -0.05) is 18.9 Å². The Morgan fingerprint density at radius 2 is 2.26 bits per heavy atom. The molecule has 1 aromatic rings. The van der Waals surface area contributed by atoms with Crippen molar-refractivity contribution in [1.29, 1.82) is 5.26 Å². The lowest BCUT2D eigenvalue weighted by atomic mass is 9.90. The molecule has 0 unspecified atom stereocenters. The summed E-state index contributed by atoms with van der Waals surface area (Å²) in [5.41, 5.74) is 0.529. The molecule has 0 N–H and O–H groups in total. The van der Waals surface area contributed by atoms with Crippen molar-refractivity contribution in [1.82, 2.24) is 4.90 Å². The first-order valence-corrected chi connectivity index (χ1v) is 8.28. The van der Waals surface area contributed by atoms with E-state index in [1.165, 1.54) is 6.42 Å². The Morgan fingerprint density at radius 3 is 3.09 bits per heavy atom. The molecule has 0 bridgehead atoms. The van der Waals surface area contributed by atoms with Crippen molar-refractivity contribution in [3.8, 4) is 11.8 Å². The van der Waals surface area contributed by atoms with E-state index in [4.69, 9.17) is 14.7 Å². The molecule has 1 amide bonds. The largest absolute Gasteiger partial charge is 0.481 e. The Kier molecular flexibility index (Phi) is 4.82. The van der Waals surface area contributed by atoms with Crippen molar-refractivity contribution in [3.63, 3.8) is 0 Å². The van der Waals surface area contributed by atoms with Crippen LogP contribution in [-0.4, -0.2) is 42.2 Å². The highest BCUT2D eigenvalue weighted by atomic mass is 16.5. The first kappa shape index (κ1) is 15.8. The molecule has 0 radical (unpaired) electrons. The maximum atomic E-state index is 12.8. The molecule has 2 fully saturated rings. The van der Waals surface area contributed by atoms with Gasteiger partial charge in [0.25, 0.3) is 5.91 Å². The summed E-state index contributed by atoms with van der Waals surface area (Å²) in [5.74, 6) is 0.561. The minimum absolute atomic E-state index is 0.00700. The maximum Gasteiger partial charge on any atom is 0.263 e. The van der Waals surface area contributed by atoms with Crippen molar-refractivity contribution < 1.29 is 14.3 Å². The van der Waals surface area contributed by atoms with Crippen molar-refractivity contribution in [3.05, 3.63) is 29.8 Å². The summed E-state index contributed by atoms with van der Waals surface area (Å²) in [7, 11) is 0. The first-order chi connectivity index (χ1) is 11.2. The number of nitrogens with zero attached hydrogens (tertiary/aromatic N) is 2. The van der Waals surface area contributed by atoms with E-state index in [1.54, 1.807) is 31.2 Å². The van der Waals surface area contributed by atoms with E-state index in [2.05, 4.69) is 6.07 Å². The summed E-state index contributed by atoms with van der Waals surface area (Å²) >= 11 is 0. The summed E-state index contributed by atoms with van der Waals surface area (Å²) in [6.07, 6.45) is 3.98. The third-order valence-corrected chi connectivity index (χ3v) is 4.64. The predicted octanol–water partition coefficient (Wildman–Crippen LogP) is 2.50. The molecule has 1 aliphatic carbocycles. The van der Waals surface area contributed by atoms with Gasteiger partial charge in [0.1, 0.15) is 5.75 Å². The zero-order valence-corrected chi connectivity index (χ0v) is 13.4. The standard InChI is InChI=1S/C18H22N2O3/c1-13(23-15-6-4-5-14(11-15)12-19)18(21)20-9-10-22-17-8-3-2-7-16(17)20/h4-6,11,13,16-17H,2-3,7-10H2,1H3/t13-,16-,17+/m0/s1. The Bertz CT molecular complexity index is 609. The molecule has 3 atom stereocenters. The van der Waals surface area contributed by atoms with Crippen LogP contribution in [-0.2, 0) is 9.53 Å². The number of benzene rings is 1. The molecule has 5 nitrogen and oxygen atoms in total. The molecule has 0 aromatic heterocycles. The lowest BCUT2D eigenvalue weighted by Gasteiger charge is -2.44.